The van der Waals surface area contributed by atoms with E-state index in [4.69, 9.17) is 0 Å². The van der Waals surface area contributed by atoms with Crippen molar-refractivity contribution in [3.63, 3.8) is 0 Å². The van der Waals surface area contributed by atoms with Crippen molar-refractivity contribution >= 4 is 35.6 Å². The maximum atomic E-state index is 13.0. The molecule has 11 heteroatoms. The molecule has 2 saturated heterocycles. The number of nitrogens with zero attached hydrogens (tertiary/aromatic N) is 2. The zero-order valence-electron chi connectivity index (χ0n) is 15.3. The fourth-order valence-corrected chi connectivity index (χ4v) is 8.66. The molecule has 1 atom stereocenters. The highest BCUT2D eigenvalue weighted by molar-refractivity contribution is 7.93. The van der Waals surface area contributed by atoms with Gasteiger partial charge >= 0.3 is 0 Å². The van der Waals surface area contributed by atoms with E-state index in [9.17, 15) is 25.3 Å². The second-order valence-corrected chi connectivity index (χ2v) is 13.3. The Kier molecular flexibility index (Phi) is 5.34. The Morgan fingerprint density at radius 3 is 2.37 bits per heavy atom. The van der Waals surface area contributed by atoms with Gasteiger partial charge in [0.2, 0.25) is 20.0 Å². The minimum Gasteiger partial charge on any atom is -0.270 e. The van der Waals surface area contributed by atoms with Gasteiger partial charge in [-0.25, -0.2) is 25.3 Å². The van der Waals surface area contributed by atoms with Crippen molar-refractivity contribution in [1.29, 1.82) is 0 Å². The van der Waals surface area contributed by atoms with Crippen molar-refractivity contribution in [1.82, 2.24) is 4.31 Å². The van der Waals surface area contributed by atoms with E-state index in [1.54, 1.807) is 13.0 Å². The molecule has 0 saturated carbocycles. The molecule has 2 aliphatic rings. The van der Waals surface area contributed by atoms with Crippen LogP contribution in [0.2, 0.25) is 0 Å². The molecule has 0 bridgehead atoms. The summed E-state index contributed by atoms with van der Waals surface area (Å²) in [5, 5.41) is 0. The second-order valence-electron chi connectivity index (χ2n) is 7.12. The van der Waals surface area contributed by atoms with Crippen LogP contribution in [0.25, 0.3) is 0 Å². The predicted octanol–water partition coefficient (Wildman–Crippen LogP) is 0.733. The molecule has 0 amide bonds. The molecule has 2 heterocycles. The molecule has 0 spiro atoms. The van der Waals surface area contributed by atoms with Crippen LogP contribution in [0.5, 0.6) is 0 Å². The minimum absolute atomic E-state index is 0.0116. The third-order valence-electron chi connectivity index (χ3n) is 5.18. The largest absolute Gasteiger partial charge is 0.270 e. The average molecular weight is 437 g/mol. The van der Waals surface area contributed by atoms with Gasteiger partial charge in [0.15, 0.2) is 9.84 Å². The first-order chi connectivity index (χ1) is 12.4. The highest BCUT2D eigenvalue weighted by Gasteiger charge is 2.37. The van der Waals surface area contributed by atoms with Crippen LogP contribution in [-0.2, 0) is 29.9 Å². The lowest BCUT2D eigenvalue weighted by Gasteiger charge is -2.29. The Morgan fingerprint density at radius 2 is 1.81 bits per heavy atom. The molecule has 1 aromatic carbocycles. The molecule has 1 aromatic rings. The van der Waals surface area contributed by atoms with Crippen LogP contribution in [0.15, 0.2) is 23.1 Å². The van der Waals surface area contributed by atoms with Gasteiger partial charge in [-0.2, -0.15) is 4.31 Å². The summed E-state index contributed by atoms with van der Waals surface area (Å²) in [6.07, 6.45) is 1.66. The van der Waals surface area contributed by atoms with Gasteiger partial charge in [-0.05, 0) is 49.9 Å². The third kappa shape index (κ3) is 4.01. The van der Waals surface area contributed by atoms with E-state index >= 15 is 0 Å². The lowest BCUT2D eigenvalue weighted by molar-refractivity contribution is 0.393. The van der Waals surface area contributed by atoms with Crippen molar-refractivity contribution in [2.24, 2.45) is 0 Å². The average Bonchev–Trinajstić information content (AvgIpc) is 2.93. The fraction of sp³-hybridized carbons (Fsp3) is 0.625. The van der Waals surface area contributed by atoms with Crippen molar-refractivity contribution in [3.8, 4) is 0 Å². The molecule has 2 fully saturated rings. The van der Waals surface area contributed by atoms with Crippen LogP contribution in [-0.4, -0.2) is 66.5 Å². The van der Waals surface area contributed by atoms with Crippen LogP contribution >= 0.6 is 0 Å². The van der Waals surface area contributed by atoms with E-state index in [-0.39, 0.29) is 28.6 Å². The Morgan fingerprint density at radius 1 is 1.11 bits per heavy atom. The second kappa shape index (κ2) is 7.02. The fourth-order valence-electron chi connectivity index (χ4n) is 3.57. The highest BCUT2D eigenvalue weighted by atomic mass is 32.2. The SMILES string of the molecule is Cc1cc(N2CCCCS2(=O)=O)ccc1S(=O)(=O)N(C)C1CCS(=O)(=O)C1. The first-order valence-corrected chi connectivity index (χ1v) is 13.6. The highest BCUT2D eigenvalue weighted by Crippen LogP contribution is 2.30. The van der Waals surface area contributed by atoms with Gasteiger partial charge in [0.05, 0.1) is 27.8 Å². The molecule has 2 aliphatic heterocycles. The quantitative estimate of drug-likeness (QED) is 0.688. The summed E-state index contributed by atoms with van der Waals surface area (Å²) in [5.41, 5.74) is 0.887. The normalized spacial score (nSPS) is 25.0. The summed E-state index contributed by atoms with van der Waals surface area (Å²) >= 11 is 0. The Labute approximate surface area is 161 Å². The van der Waals surface area contributed by atoms with Crippen molar-refractivity contribution in [2.45, 2.75) is 37.1 Å². The smallest absolute Gasteiger partial charge is 0.243 e. The zero-order valence-corrected chi connectivity index (χ0v) is 17.8. The van der Waals surface area contributed by atoms with E-state index in [0.717, 1.165) is 10.7 Å². The number of sulfone groups is 1. The topological polar surface area (TPSA) is 109 Å². The van der Waals surface area contributed by atoms with Gasteiger partial charge in [-0.3, -0.25) is 4.31 Å². The number of sulfonamides is 2. The molecule has 152 valence electrons. The monoisotopic (exact) mass is 436 g/mol. The van der Waals surface area contributed by atoms with Crippen LogP contribution in [0, 0.1) is 6.92 Å². The van der Waals surface area contributed by atoms with E-state index in [2.05, 4.69) is 0 Å². The molecular weight excluding hydrogens is 412 g/mol. The van der Waals surface area contributed by atoms with E-state index in [0.29, 0.717) is 24.2 Å². The maximum absolute atomic E-state index is 13.0. The third-order valence-corrected chi connectivity index (χ3v) is 10.9. The van der Waals surface area contributed by atoms with Crippen LogP contribution in [0.3, 0.4) is 0 Å². The lowest BCUT2D eigenvalue weighted by atomic mass is 10.2. The maximum Gasteiger partial charge on any atom is 0.243 e. The minimum atomic E-state index is -3.88. The number of benzene rings is 1. The van der Waals surface area contributed by atoms with Crippen LogP contribution < -0.4 is 4.31 Å². The van der Waals surface area contributed by atoms with Gasteiger partial charge in [-0.15, -0.1) is 0 Å². The number of anilines is 1. The van der Waals surface area contributed by atoms with Crippen molar-refractivity contribution in [3.05, 3.63) is 23.8 Å². The standard InChI is InChI=1S/C16H24N2O6S3/c1-13-11-14(18-8-3-4-9-26(18,21)22)5-6-16(13)27(23,24)17(2)15-7-10-25(19,20)12-15/h5-6,11,15H,3-4,7-10,12H2,1-2H3. The molecule has 1 unspecified atom stereocenters. The Bertz CT molecular complexity index is 1050. The Hall–Kier alpha value is -1.17. The summed E-state index contributed by atoms with van der Waals surface area (Å²) in [7, 11) is -9.07. The molecule has 27 heavy (non-hydrogen) atoms. The number of rotatable bonds is 4. The lowest BCUT2D eigenvalue weighted by Crippen LogP contribution is -2.39. The van der Waals surface area contributed by atoms with Crippen molar-refractivity contribution < 1.29 is 25.3 Å². The molecule has 0 aromatic heterocycles. The van der Waals surface area contributed by atoms with E-state index < -0.39 is 35.9 Å². The molecular formula is C16H24N2O6S3. The summed E-state index contributed by atoms with van der Waals surface area (Å²) in [4.78, 5) is 0.0625. The summed E-state index contributed by atoms with van der Waals surface area (Å²) in [6.45, 7) is 2.00. The van der Waals surface area contributed by atoms with E-state index in [1.165, 1.54) is 23.5 Å². The summed E-state index contributed by atoms with van der Waals surface area (Å²) < 4.78 is 76.2. The van der Waals surface area contributed by atoms with Gasteiger partial charge < -0.3 is 0 Å². The number of aryl methyl sites for hydroxylation is 1. The molecule has 8 nitrogen and oxygen atoms in total. The zero-order chi connectivity index (χ0) is 20.0. The number of hydrogen-bond donors (Lipinski definition) is 0. The molecule has 0 N–H and O–H groups in total. The first-order valence-electron chi connectivity index (χ1n) is 8.74. The summed E-state index contributed by atoms with van der Waals surface area (Å²) in [5.74, 6) is -0.0981. The molecule has 3 rings (SSSR count). The Balaban J connectivity index is 1.91. The van der Waals surface area contributed by atoms with Crippen LogP contribution in [0.4, 0.5) is 5.69 Å². The van der Waals surface area contributed by atoms with Gasteiger partial charge in [0.1, 0.15) is 0 Å². The molecule has 0 radical (unpaired) electrons. The van der Waals surface area contributed by atoms with Gasteiger partial charge in [0.25, 0.3) is 0 Å². The van der Waals surface area contributed by atoms with Gasteiger partial charge in [-0.1, -0.05) is 0 Å². The van der Waals surface area contributed by atoms with Crippen molar-refractivity contribution in [2.75, 3.05) is 35.2 Å². The first kappa shape index (κ1) is 20.6. The van der Waals surface area contributed by atoms with E-state index in [1.807, 2.05) is 0 Å². The van der Waals surface area contributed by atoms with Gasteiger partial charge in [0, 0.05) is 19.6 Å². The number of hydrogen-bond acceptors (Lipinski definition) is 6. The van der Waals surface area contributed by atoms with Crippen LogP contribution in [0.1, 0.15) is 24.8 Å². The molecule has 0 aliphatic carbocycles. The predicted molar refractivity (Wildman–Crippen MR) is 104 cm³/mol. The summed E-state index contributed by atoms with van der Waals surface area (Å²) in [6, 6.07) is 3.89.